The predicted molar refractivity (Wildman–Crippen MR) is 236 cm³/mol. The molecule has 1 aliphatic carbocycles. The van der Waals surface area contributed by atoms with Crippen LogP contribution in [-0.4, -0.2) is 9.97 Å². The number of rotatable bonds is 6. The van der Waals surface area contributed by atoms with Crippen LogP contribution in [0.2, 0.25) is 0 Å². The Hall–Kier alpha value is -7.42. The van der Waals surface area contributed by atoms with Crippen LogP contribution in [0.25, 0.3) is 77.7 Å². The maximum atomic E-state index is 5.35. The van der Waals surface area contributed by atoms with E-state index in [1.165, 1.54) is 55.3 Å². The Morgan fingerprint density at radius 3 is 1.58 bits per heavy atom. The SMILES string of the molecule is c1ccc(-c2cc(-c3cccc4ccccc34)nc(-c3ccc(-c4ccc5c(c4)C(c4ccccc4)(c4ccccc4)c4ccccc4-5)c4ccccc34)n2)cc1. The molecular formula is C55H36N2. The van der Waals surface area contributed by atoms with E-state index in [4.69, 9.17) is 9.97 Å². The van der Waals surface area contributed by atoms with E-state index in [9.17, 15) is 0 Å². The van der Waals surface area contributed by atoms with Crippen molar-refractivity contribution in [3.8, 4) is 56.2 Å². The first-order valence-corrected chi connectivity index (χ1v) is 19.6. The minimum absolute atomic E-state index is 0.468. The van der Waals surface area contributed by atoms with Gasteiger partial charge in [0.15, 0.2) is 5.82 Å². The molecule has 0 aliphatic heterocycles. The van der Waals surface area contributed by atoms with E-state index in [-0.39, 0.29) is 0 Å². The molecule has 266 valence electrons. The molecule has 1 heterocycles. The molecule has 0 amide bonds. The Morgan fingerprint density at radius 1 is 0.298 bits per heavy atom. The molecule has 57 heavy (non-hydrogen) atoms. The topological polar surface area (TPSA) is 25.8 Å². The van der Waals surface area contributed by atoms with Gasteiger partial charge in [-0.15, -0.1) is 0 Å². The molecule has 11 rings (SSSR count). The molecule has 9 aromatic carbocycles. The van der Waals surface area contributed by atoms with E-state index < -0.39 is 5.41 Å². The monoisotopic (exact) mass is 724 g/mol. The number of aromatic nitrogens is 2. The average Bonchev–Trinajstić information content (AvgIpc) is 3.59. The maximum absolute atomic E-state index is 5.35. The van der Waals surface area contributed by atoms with Crippen LogP contribution in [0.4, 0.5) is 0 Å². The Morgan fingerprint density at radius 2 is 0.825 bits per heavy atom. The molecule has 0 radical (unpaired) electrons. The fourth-order valence-electron chi connectivity index (χ4n) is 9.27. The maximum Gasteiger partial charge on any atom is 0.161 e. The average molecular weight is 725 g/mol. The zero-order valence-corrected chi connectivity index (χ0v) is 31.2. The van der Waals surface area contributed by atoms with Gasteiger partial charge in [-0.05, 0) is 84.3 Å². The summed E-state index contributed by atoms with van der Waals surface area (Å²) in [6, 6.07) is 78.8. The zero-order valence-electron chi connectivity index (χ0n) is 31.2. The third-order valence-corrected chi connectivity index (χ3v) is 11.8. The number of benzene rings is 9. The largest absolute Gasteiger partial charge is 0.228 e. The number of fused-ring (bicyclic) bond motifs is 5. The van der Waals surface area contributed by atoms with Gasteiger partial charge in [-0.1, -0.05) is 200 Å². The molecule has 10 aromatic rings. The molecular weight excluding hydrogens is 689 g/mol. The lowest BCUT2D eigenvalue weighted by Gasteiger charge is -2.34. The lowest BCUT2D eigenvalue weighted by molar-refractivity contribution is 0.769. The number of hydrogen-bond donors (Lipinski definition) is 0. The summed E-state index contributed by atoms with van der Waals surface area (Å²) in [5.74, 6) is 0.707. The van der Waals surface area contributed by atoms with E-state index in [2.05, 4.69) is 212 Å². The van der Waals surface area contributed by atoms with Crippen LogP contribution in [0.5, 0.6) is 0 Å². The van der Waals surface area contributed by atoms with Crippen molar-refractivity contribution >= 4 is 21.5 Å². The second-order valence-corrected chi connectivity index (χ2v) is 14.8. The number of nitrogens with zero attached hydrogens (tertiary/aromatic N) is 2. The molecule has 2 heteroatoms. The van der Waals surface area contributed by atoms with E-state index in [1.807, 2.05) is 6.07 Å². The molecule has 0 saturated heterocycles. The second kappa shape index (κ2) is 13.4. The lowest BCUT2D eigenvalue weighted by Crippen LogP contribution is -2.28. The highest BCUT2D eigenvalue weighted by Crippen LogP contribution is 2.57. The van der Waals surface area contributed by atoms with Crippen LogP contribution in [0.1, 0.15) is 22.3 Å². The van der Waals surface area contributed by atoms with E-state index >= 15 is 0 Å². The van der Waals surface area contributed by atoms with Crippen molar-refractivity contribution in [3.05, 3.63) is 241 Å². The van der Waals surface area contributed by atoms with Crippen molar-refractivity contribution in [2.24, 2.45) is 0 Å². The van der Waals surface area contributed by atoms with E-state index in [0.29, 0.717) is 5.82 Å². The summed E-state index contributed by atoms with van der Waals surface area (Å²) in [6.07, 6.45) is 0. The van der Waals surface area contributed by atoms with Crippen molar-refractivity contribution in [2.45, 2.75) is 5.41 Å². The molecule has 0 spiro atoms. The Bertz CT molecular complexity index is 3070. The van der Waals surface area contributed by atoms with Crippen molar-refractivity contribution in [1.82, 2.24) is 9.97 Å². The zero-order chi connectivity index (χ0) is 37.8. The quantitative estimate of drug-likeness (QED) is 0.171. The summed E-state index contributed by atoms with van der Waals surface area (Å²) in [7, 11) is 0. The first-order chi connectivity index (χ1) is 28.3. The first kappa shape index (κ1) is 33.0. The molecule has 2 nitrogen and oxygen atoms in total. The summed E-state index contributed by atoms with van der Waals surface area (Å²) in [5, 5.41) is 4.64. The molecule has 0 atom stereocenters. The van der Waals surface area contributed by atoms with Crippen LogP contribution in [-0.2, 0) is 5.41 Å². The van der Waals surface area contributed by atoms with Gasteiger partial charge < -0.3 is 0 Å². The van der Waals surface area contributed by atoms with Gasteiger partial charge in [-0.3, -0.25) is 0 Å². The molecule has 0 unspecified atom stereocenters. The highest BCUT2D eigenvalue weighted by molar-refractivity contribution is 6.05. The highest BCUT2D eigenvalue weighted by atomic mass is 14.9. The molecule has 0 saturated carbocycles. The van der Waals surface area contributed by atoms with Gasteiger partial charge in [0.2, 0.25) is 0 Å². The normalized spacial score (nSPS) is 12.7. The summed E-state index contributed by atoms with van der Waals surface area (Å²) in [6.45, 7) is 0. The molecule has 0 fully saturated rings. The first-order valence-electron chi connectivity index (χ1n) is 19.6. The number of hydrogen-bond acceptors (Lipinski definition) is 2. The second-order valence-electron chi connectivity index (χ2n) is 14.8. The van der Waals surface area contributed by atoms with Crippen LogP contribution < -0.4 is 0 Å². The summed E-state index contributed by atoms with van der Waals surface area (Å²) >= 11 is 0. The van der Waals surface area contributed by atoms with Crippen LogP contribution >= 0.6 is 0 Å². The fourth-order valence-corrected chi connectivity index (χ4v) is 9.27. The third-order valence-electron chi connectivity index (χ3n) is 11.8. The van der Waals surface area contributed by atoms with Crippen molar-refractivity contribution in [1.29, 1.82) is 0 Å². The summed E-state index contributed by atoms with van der Waals surface area (Å²) < 4.78 is 0. The van der Waals surface area contributed by atoms with Gasteiger partial charge in [0, 0.05) is 16.7 Å². The van der Waals surface area contributed by atoms with E-state index in [1.54, 1.807) is 0 Å². The Balaban J connectivity index is 1.12. The summed E-state index contributed by atoms with van der Waals surface area (Å²) in [5.41, 5.74) is 14.5. The molecule has 1 aromatic heterocycles. The Labute approximate surface area is 332 Å². The van der Waals surface area contributed by atoms with Crippen molar-refractivity contribution in [3.63, 3.8) is 0 Å². The summed E-state index contributed by atoms with van der Waals surface area (Å²) in [4.78, 5) is 10.6. The third kappa shape index (κ3) is 5.26. The van der Waals surface area contributed by atoms with Crippen LogP contribution in [0, 0.1) is 0 Å². The van der Waals surface area contributed by atoms with Gasteiger partial charge in [0.25, 0.3) is 0 Å². The van der Waals surface area contributed by atoms with Crippen LogP contribution in [0.15, 0.2) is 218 Å². The standard InChI is InChI=1S/C55H36N2/c1-4-18-38(19-5-1)52-36-53(48-29-16-20-37-17-10-11-25-42(37)48)57-54(56-52)49-34-33-43(44-26-12-13-27-45(44)49)39-31-32-47-46-28-14-15-30-50(46)55(51(47)35-39,40-21-6-2-7-22-40)41-23-8-3-9-24-41/h1-36H. The Kier molecular flexibility index (Phi) is 7.75. The van der Waals surface area contributed by atoms with Gasteiger partial charge in [0.05, 0.1) is 16.8 Å². The van der Waals surface area contributed by atoms with E-state index in [0.717, 1.165) is 38.9 Å². The minimum Gasteiger partial charge on any atom is -0.228 e. The molecule has 0 N–H and O–H groups in total. The predicted octanol–water partition coefficient (Wildman–Crippen LogP) is 13.8. The van der Waals surface area contributed by atoms with Gasteiger partial charge in [-0.2, -0.15) is 0 Å². The van der Waals surface area contributed by atoms with Gasteiger partial charge >= 0.3 is 0 Å². The van der Waals surface area contributed by atoms with Gasteiger partial charge in [0.1, 0.15) is 0 Å². The smallest absolute Gasteiger partial charge is 0.161 e. The van der Waals surface area contributed by atoms with Gasteiger partial charge in [-0.25, -0.2) is 9.97 Å². The van der Waals surface area contributed by atoms with Crippen molar-refractivity contribution in [2.75, 3.05) is 0 Å². The minimum atomic E-state index is -0.468. The molecule has 1 aliphatic rings. The fraction of sp³-hybridized carbons (Fsp3) is 0.0182. The van der Waals surface area contributed by atoms with Crippen molar-refractivity contribution < 1.29 is 0 Å². The highest BCUT2D eigenvalue weighted by Gasteiger charge is 2.46. The molecule has 0 bridgehead atoms. The lowest BCUT2D eigenvalue weighted by atomic mass is 9.67. The van der Waals surface area contributed by atoms with Crippen LogP contribution in [0.3, 0.4) is 0 Å².